The molecule has 3 N–H and O–H groups in total. The first-order valence-corrected chi connectivity index (χ1v) is 4.76. The van der Waals surface area contributed by atoms with Crippen molar-refractivity contribution in [1.82, 2.24) is 4.98 Å². The highest BCUT2D eigenvalue weighted by molar-refractivity contribution is 5.91. The molecular weight excluding hydrogens is 178 g/mol. The van der Waals surface area contributed by atoms with Crippen molar-refractivity contribution >= 4 is 11.7 Å². The third-order valence-electron chi connectivity index (χ3n) is 2.27. The van der Waals surface area contributed by atoms with E-state index in [9.17, 15) is 4.79 Å². The van der Waals surface area contributed by atoms with Crippen molar-refractivity contribution in [2.75, 3.05) is 11.9 Å². The number of aromatic nitrogens is 1. The average molecular weight is 191 g/mol. The van der Waals surface area contributed by atoms with Gasteiger partial charge in [-0.3, -0.25) is 4.79 Å². The summed E-state index contributed by atoms with van der Waals surface area (Å²) in [4.78, 5) is 14.9. The first-order chi connectivity index (χ1) is 6.75. The molecule has 0 spiro atoms. The van der Waals surface area contributed by atoms with Gasteiger partial charge in [0.2, 0.25) is 0 Å². The van der Waals surface area contributed by atoms with Crippen LogP contribution in [0.2, 0.25) is 0 Å². The van der Waals surface area contributed by atoms with Crippen molar-refractivity contribution in [1.29, 1.82) is 0 Å². The number of rotatable bonds is 4. The van der Waals surface area contributed by atoms with E-state index in [1.54, 1.807) is 12.1 Å². The molecule has 0 aliphatic heterocycles. The second-order valence-electron chi connectivity index (χ2n) is 3.60. The minimum Gasteiger partial charge on any atom is -0.370 e. The summed E-state index contributed by atoms with van der Waals surface area (Å²) in [6.07, 6.45) is 2.59. The minimum absolute atomic E-state index is 0.311. The number of carbonyl (C=O) groups excluding carboxylic acids is 1. The monoisotopic (exact) mass is 191 g/mol. The maximum atomic E-state index is 10.8. The summed E-state index contributed by atoms with van der Waals surface area (Å²) in [7, 11) is 0. The molecule has 1 aliphatic carbocycles. The van der Waals surface area contributed by atoms with Gasteiger partial charge >= 0.3 is 0 Å². The summed E-state index contributed by atoms with van der Waals surface area (Å²) in [6, 6.07) is 5.24. The number of nitrogens with zero attached hydrogens (tertiary/aromatic N) is 1. The average Bonchev–Trinajstić information content (AvgIpc) is 2.99. The van der Waals surface area contributed by atoms with Crippen LogP contribution < -0.4 is 11.1 Å². The maximum absolute atomic E-state index is 10.8. The Bertz CT molecular complexity index is 347. The van der Waals surface area contributed by atoms with Crippen molar-refractivity contribution in [2.24, 2.45) is 11.7 Å². The van der Waals surface area contributed by atoms with E-state index in [0.29, 0.717) is 5.69 Å². The third-order valence-corrected chi connectivity index (χ3v) is 2.27. The molecule has 1 fully saturated rings. The van der Waals surface area contributed by atoms with Crippen LogP contribution in [0.1, 0.15) is 23.3 Å². The second kappa shape index (κ2) is 3.65. The topological polar surface area (TPSA) is 68.0 Å². The quantitative estimate of drug-likeness (QED) is 0.746. The van der Waals surface area contributed by atoms with Crippen molar-refractivity contribution in [3.05, 3.63) is 23.9 Å². The first-order valence-electron chi connectivity index (χ1n) is 4.76. The van der Waals surface area contributed by atoms with Gasteiger partial charge in [0.15, 0.2) is 0 Å². The van der Waals surface area contributed by atoms with Crippen LogP contribution >= 0.6 is 0 Å². The Kier molecular flexibility index (Phi) is 2.35. The Morgan fingerprint density at radius 1 is 1.57 bits per heavy atom. The van der Waals surface area contributed by atoms with Gasteiger partial charge < -0.3 is 11.1 Å². The second-order valence-corrected chi connectivity index (χ2v) is 3.60. The number of anilines is 1. The van der Waals surface area contributed by atoms with Crippen LogP contribution in [-0.2, 0) is 0 Å². The van der Waals surface area contributed by atoms with Gasteiger partial charge in [0.1, 0.15) is 11.5 Å². The van der Waals surface area contributed by atoms with Crippen LogP contribution in [0.15, 0.2) is 18.2 Å². The van der Waals surface area contributed by atoms with Crippen molar-refractivity contribution in [3.8, 4) is 0 Å². The lowest BCUT2D eigenvalue weighted by Gasteiger charge is -2.04. The molecule has 1 aromatic rings. The zero-order valence-electron chi connectivity index (χ0n) is 7.86. The zero-order valence-corrected chi connectivity index (χ0v) is 7.86. The predicted octanol–water partition coefficient (Wildman–Crippen LogP) is 1.00. The van der Waals surface area contributed by atoms with Gasteiger partial charge in [-0.1, -0.05) is 6.07 Å². The lowest BCUT2D eigenvalue weighted by atomic mass is 10.3. The fourth-order valence-electron chi connectivity index (χ4n) is 1.24. The molecule has 0 unspecified atom stereocenters. The van der Waals surface area contributed by atoms with Crippen molar-refractivity contribution in [3.63, 3.8) is 0 Å². The molecule has 1 aromatic heterocycles. The Balaban J connectivity index is 2.01. The molecule has 1 aliphatic rings. The molecule has 74 valence electrons. The summed E-state index contributed by atoms with van der Waals surface area (Å²) in [5.41, 5.74) is 5.43. The fraction of sp³-hybridized carbons (Fsp3) is 0.400. The molecule has 4 heteroatoms. The molecule has 0 aromatic carbocycles. The maximum Gasteiger partial charge on any atom is 0.267 e. The SMILES string of the molecule is NC(=O)c1cccc(NCC2CC2)n1. The van der Waals surface area contributed by atoms with Crippen molar-refractivity contribution in [2.45, 2.75) is 12.8 Å². The molecule has 14 heavy (non-hydrogen) atoms. The molecule has 0 radical (unpaired) electrons. The van der Waals surface area contributed by atoms with Gasteiger partial charge in [-0.2, -0.15) is 0 Å². The molecule has 0 bridgehead atoms. The van der Waals surface area contributed by atoms with Crippen LogP contribution in [0, 0.1) is 5.92 Å². The van der Waals surface area contributed by atoms with E-state index in [0.717, 1.165) is 18.3 Å². The van der Waals surface area contributed by atoms with E-state index >= 15 is 0 Å². The van der Waals surface area contributed by atoms with Crippen LogP contribution in [0.5, 0.6) is 0 Å². The standard InChI is InChI=1S/C10H13N3O/c11-10(14)8-2-1-3-9(13-8)12-6-7-4-5-7/h1-3,7H,4-6H2,(H2,11,14)(H,12,13). The van der Waals surface area contributed by atoms with E-state index in [1.165, 1.54) is 12.8 Å². The van der Waals surface area contributed by atoms with Crippen LogP contribution in [0.4, 0.5) is 5.82 Å². The Hall–Kier alpha value is -1.58. The van der Waals surface area contributed by atoms with Gasteiger partial charge in [0.05, 0.1) is 0 Å². The molecule has 0 saturated heterocycles. The lowest BCUT2D eigenvalue weighted by molar-refractivity contribution is 0.0995. The van der Waals surface area contributed by atoms with Crippen LogP contribution in [-0.4, -0.2) is 17.4 Å². The number of pyridine rings is 1. The number of hydrogen-bond acceptors (Lipinski definition) is 3. The van der Waals surface area contributed by atoms with Gasteiger partial charge in [-0.05, 0) is 30.9 Å². The van der Waals surface area contributed by atoms with E-state index in [2.05, 4.69) is 10.3 Å². The summed E-state index contributed by atoms with van der Waals surface area (Å²) in [6.45, 7) is 0.940. The highest BCUT2D eigenvalue weighted by Crippen LogP contribution is 2.28. The summed E-state index contributed by atoms with van der Waals surface area (Å²) in [5.74, 6) is 1.03. The highest BCUT2D eigenvalue weighted by atomic mass is 16.1. The van der Waals surface area contributed by atoms with Crippen LogP contribution in [0.25, 0.3) is 0 Å². The van der Waals surface area contributed by atoms with E-state index < -0.39 is 5.91 Å². The zero-order chi connectivity index (χ0) is 9.97. The number of carbonyl (C=O) groups is 1. The summed E-state index contributed by atoms with van der Waals surface area (Å²) in [5, 5.41) is 3.18. The van der Waals surface area contributed by atoms with E-state index in [4.69, 9.17) is 5.73 Å². The molecule has 1 heterocycles. The Morgan fingerprint density at radius 2 is 2.36 bits per heavy atom. The predicted molar refractivity (Wildman–Crippen MR) is 54.0 cm³/mol. The Morgan fingerprint density at radius 3 is 3.00 bits per heavy atom. The molecule has 1 saturated carbocycles. The van der Waals surface area contributed by atoms with Gasteiger partial charge in [0, 0.05) is 6.54 Å². The number of amides is 1. The van der Waals surface area contributed by atoms with Crippen LogP contribution in [0.3, 0.4) is 0 Å². The van der Waals surface area contributed by atoms with Gasteiger partial charge in [-0.15, -0.1) is 0 Å². The minimum atomic E-state index is -0.486. The lowest BCUT2D eigenvalue weighted by Crippen LogP contribution is -2.14. The van der Waals surface area contributed by atoms with Gasteiger partial charge in [0.25, 0.3) is 5.91 Å². The number of hydrogen-bond donors (Lipinski definition) is 2. The smallest absolute Gasteiger partial charge is 0.267 e. The number of nitrogens with two attached hydrogens (primary N) is 1. The normalized spacial score (nSPS) is 15.1. The Labute approximate surface area is 82.5 Å². The van der Waals surface area contributed by atoms with Gasteiger partial charge in [-0.25, -0.2) is 4.98 Å². The summed E-state index contributed by atoms with van der Waals surface area (Å²) >= 11 is 0. The highest BCUT2D eigenvalue weighted by Gasteiger charge is 2.20. The fourth-order valence-corrected chi connectivity index (χ4v) is 1.24. The first kappa shape index (κ1) is 8.99. The molecular formula is C10H13N3O. The van der Waals surface area contributed by atoms with E-state index in [-0.39, 0.29) is 0 Å². The number of nitrogens with one attached hydrogen (secondary N) is 1. The largest absolute Gasteiger partial charge is 0.370 e. The number of primary amides is 1. The molecule has 1 amide bonds. The third kappa shape index (κ3) is 2.22. The molecule has 0 atom stereocenters. The van der Waals surface area contributed by atoms with E-state index in [1.807, 2.05) is 6.07 Å². The molecule has 2 rings (SSSR count). The summed E-state index contributed by atoms with van der Waals surface area (Å²) < 4.78 is 0. The van der Waals surface area contributed by atoms with Crippen molar-refractivity contribution < 1.29 is 4.79 Å². The molecule has 4 nitrogen and oxygen atoms in total.